The van der Waals surface area contributed by atoms with Gasteiger partial charge < -0.3 is 0 Å². The van der Waals surface area contributed by atoms with E-state index < -0.39 is 0 Å². The Morgan fingerprint density at radius 2 is 2.29 bits per heavy atom. The number of rotatable bonds is 2. The summed E-state index contributed by atoms with van der Waals surface area (Å²) in [6, 6.07) is 0. The molecule has 0 aromatic carbocycles. The molecule has 1 aliphatic carbocycles. The van der Waals surface area contributed by atoms with Gasteiger partial charge in [-0.05, 0) is 37.8 Å². The predicted octanol–water partition coefficient (Wildman–Crippen LogP) is 3.65. The van der Waals surface area contributed by atoms with Gasteiger partial charge in [-0.1, -0.05) is 25.2 Å². The van der Waals surface area contributed by atoms with Gasteiger partial charge in [-0.2, -0.15) is 0 Å². The molecule has 1 atom stereocenters. The zero-order chi connectivity index (χ0) is 9.97. The van der Waals surface area contributed by atoms with Gasteiger partial charge in [0.25, 0.3) is 0 Å². The van der Waals surface area contributed by atoms with E-state index in [4.69, 9.17) is 4.99 Å². The van der Waals surface area contributed by atoms with Crippen LogP contribution in [-0.4, -0.2) is 5.71 Å². The van der Waals surface area contributed by atoms with E-state index in [-0.39, 0.29) is 0 Å². The third-order valence-corrected chi connectivity index (χ3v) is 3.16. The number of allylic oxidation sites excluding steroid dienone is 4. The average Bonchev–Trinajstić information content (AvgIpc) is 2.54. The fourth-order valence-corrected chi connectivity index (χ4v) is 2.34. The molecule has 1 unspecified atom stereocenters. The van der Waals surface area contributed by atoms with Gasteiger partial charge in [0.05, 0.1) is 5.70 Å². The molecule has 1 aliphatic heterocycles. The first-order chi connectivity index (χ1) is 6.83. The SMILES string of the molecule is C=C/C=C\C1=C(C)C2CCCCC2=N1. The molecule has 0 aromatic heterocycles. The molecule has 0 radical (unpaired) electrons. The second kappa shape index (κ2) is 3.95. The Kier molecular flexibility index (Phi) is 2.67. The number of aliphatic imine (C=N–C) groups is 1. The standard InChI is InChI=1S/C13H17N/c1-3-4-8-12-10(2)11-7-5-6-9-13(11)14-12/h3-4,8,11H,1,5-7,9H2,2H3/b8-4-. The lowest BCUT2D eigenvalue weighted by atomic mass is 9.84. The second-order valence-electron chi connectivity index (χ2n) is 4.06. The molecule has 0 amide bonds. The highest BCUT2D eigenvalue weighted by atomic mass is 14.8. The highest BCUT2D eigenvalue weighted by Gasteiger charge is 2.27. The normalized spacial score (nSPS) is 26.6. The van der Waals surface area contributed by atoms with E-state index in [1.165, 1.54) is 42.7 Å². The van der Waals surface area contributed by atoms with Gasteiger partial charge in [0.15, 0.2) is 0 Å². The summed E-state index contributed by atoms with van der Waals surface area (Å²) in [4.78, 5) is 4.69. The molecule has 1 heterocycles. The highest BCUT2D eigenvalue weighted by Crippen LogP contribution is 2.35. The molecular formula is C13H17N. The van der Waals surface area contributed by atoms with Crippen LogP contribution in [0.15, 0.2) is 41.1 Å². The van der Waals surface area contributed by atoms with E-state index in [1.807, 2.05) is 12.2 Å². The fraction of sp³-hybridized carbons (Fsp3) is 0.462. The van der Waals surface area contributed by atoms with Crippen molar-refractivity contribution in [1.82, 2.24) is 0 Å². The largest absolute Gasteiger partial charge is 0.257 e. The van der Waals surface area contributed by atoms with E-state index >= 15 is 0 Å². The minimum absolute atomic E-state index is 0.660. The van der Waals surface area contributed by atoms with Gasteiger partial charge in [-0.3, -0.25) is 4.99 Å². The fourth-order valence-electron chi connectivity index (χ4n) is 2.34. The Morgan fingerprint density at radius 1 is 1.43 bits per heavy atom. The molecule has 0 N–H and O–H groups in total. The number of fused-ring (bicyclic) bond motifs is 1. The van der Waals surface area contributed by atoms with Gasteiger partial charge in [-0.25, -0.2) is 0 Å². The molecule has 2 aliphatic rings. The molecule has 1 heteroatoms. The molecule has 1 saturated carbocycles. The maximum absolute atomic E-state index is 4.69. The van der Waals surface area contributed by atoms with Crippen LogP contribution >= 0.6 is 0 Å². The monoisotopic (exact) mass is 187 g/mol. The first-order valence-electron chi connectivity index (χ1n) is 5.40. The smallest absolute Gasteiger partial charge is 0.0625 e. The van der Waals surface area contributed by atoms with Crippen molar-refractivity contribution in [2.45, 2.75) is 32.6 Å². The second-order valence-corrected chi connectivity index (χ2v) is 4.06. The van der Waals surface area contributed by atoms with Crippen LogP contribution in [0.25, 0.3) is 0 Å². The van der Waals surface area contributed by atoms with Crippen molar-refractivity contribution in [2.24, 2.45) is 10.9 Å². The zero-order valence-electron chi connectivity index (χ0n) is 8.79. The van der Waals surface area contributed by atoms with Gasteiger partial charge in [-0.15, -0.1) is 0 Å². The number of hydrogen-bond acceptors (Lipinski definition) is 1. The molecule has 1 nitrogen and oxygen atoms in total. The maximum Gasteiger partial charge on any atom is 0.0625 e. The quantitative estimate of drug-likeness (QED) is 0.585. The molecule has 1 fully saturated rings. The van der Waals surface area contributed by atoms with Crippen LogP contribution in [0.2, 0.25) is 0 Å². The number of hydrogen-bond donors (Lipinski definition) is 0. The van der Waals surface area contributed by atoms with Crippen LogP contribution in [0.5, 0.6) is 0 Å². The van der Waals surface area contributed by atoms with Crippen molar-refractivity contribution in [3.05, 3.63) is 36.1 Å². The minimum Gasteiger partial charge on any atom is -0.257 e. The molecule has 0 aromatic rings. The third-order valence-electron chi connectivity index (χ3n) is 3.16. The molecule has 0 bridgehead atoms. The summed E-state index contributed by atoms with van der Waals surface area (Å²) >= 11 is 0. The van der Waals surface area contributed by atoms with E-state index in [0.717, 1.165) is 0 Å². The van der Waals surface area contributed by atoms with Crippen molar-refractivity contribution in [3.8, 4) is 0 Å². The van der Waals surface area contributed by atoms with Crippen molar-refractivity contribution < 1.29 is 0 Å². The Morgan fingerprint density at radius 3 is 3.00 bits per heavy atom. The third kappa shape index (κ3) is 1.59. The summed E-state index contributed by atoms with van der Waals surface area (Å²) in [5, 5.41) is 0. The topological polar surface area (TPSA) is 12.4 Å². The molecular weight excluding hydrogens is 170 g/mol. The molecule has 2 rings (SSSR count). The number of nitrogens with zero attached hydrogens (tertiary/aromatic N) is 1. The first-order valence-corrected chi connectivity index (χ1v) is 5.40. The average molecular weight is 187 g/mol. The Hall–Kier alpha value is -1.11. The van der Waals surface area contributed by atoms with E-state index in [0.29, 0.717) is 5.92 Å². The van der Waals surface area contributed by atoms with Gasteiger partial charge in [0.1, 0.15) is 0 Å². The predicted molar refractivity (Wildman–Crippen MR) is 61.4 cm³/mol. The van der Waals surface area contributed by atoms with E-state index in [2.05, 4.69) is 19.6 Å². The Balaban J connectivity index is 2.23. The van der Waals surface area contributed by atoms with Gasteiger partial charge >= 0.3 is 0 Å². The molecule has 0 saturated heterocycles. The minimum atomic E-state index is 0.660. The van der Waals surface area contributed by atoms with E-state index in [1.54, 1.807) is 0 Å². The van der Waals surface area contributed by atoms with Crippen molar-refractivity contribution in [2.75, 3.05) is 0 Å². The molecule has 14 heavy (non-hydrogen) atoms. The van der Waals surface area contributed by atoms with Crippen LogP contribution < -0.4 is 0 Å². The van der Waals surface area contributed by atoms with Crippen molar-refractivity contribution >= 4 is 5.71 Å². The lowest BCUT2D eigenvalue weighted by molar-refractivity contribution is 0.584. The Labute approximate surface area is 85.9 Å². The summed E-state index contributed by atoms with van der Waals surface area (Å²) in [5.41, 5.74) is 4.04. The van der Waals surface area contributed by atoms with Crippen LogP contribution in [0.4, 0.5) is 0 Å². The molecule has 74 valence electrons. The lowest BCUT2D eigenvalue weighted by Crippen LogP contribution is -2.16. The summed E-state index contributed by atoms with van der Waals surface area (Å²) in [7, 11) is 0. The van der Waals surface area contributed by atoms with Crippen LogP contribution in [0.3, 0.4) is 0 Å². The van der Waals surface area contributed by atoms with Gasteiger partial charge in [0.2, 0.25) is 0 Å². The summed E-state index contributed by atoms with van der Waals surface area (Å²) in [6.07, 6.45) is 11.0. The van der Waals surface area contributed by atoms with Crippen LogP contribution in [0.1, 0.15) is 32.6 Å². The first kappa shape index (κ1) is 9.45. The summed E-state index contributed by atoms with van der Waals surface area (Å²) < 4.78 is 0. The van der Waals surface area contributed by atoms with Crippen LogP contribution in [0, 0.1) is 5.92 Å². The van der Waals surface area contributed by atoms with E-state index in [9.17, 15) is 0 Å². The van der Waals surface area contributed by atoms with Crippen molar-refractivity contribution in [1.29, 1.82) is 0 Å². The Bertz CT molecular complexity index is 331. The molecule has 0 spiro atoms. The van der Waals surface area contributed by atoms with Gasteiger partial charge in [0, 0.05) is 11.6 Å². The van der Waals surface area contributed by atoms with Crippen LogP contribution in [-0.2, 0) is 0 Å². The summed E-state index contributed by atoms with van der Waals surface area (Å²) in [6.45, 7) is 5.90. The summed E-state index contributed by atoms with van der Waals surface area (Å²) in [5.74, 6) is 0.660. The highest BCUT2D eigenvalue weighted by molar-refractivity contribution is 5.93. The van der Waals surface area contributed by atoms with Crippen molar-refractivity contribution in [3.63, 3.8) is 0 Å². The lowest BCUT2D eigenvalue weighted by Gasteiger charge is -2.19. The maximum atomic E-state index is 4.69. The zero-order valence-corrected chi connectivity index (χ0v) is 8.79.